The lowest BCUT2D eigenvalue weighted by Crippen LogP contribution is -2.27. The number of hydrogen-bond donors (Lipinski definition) is 0. The van der Waals surface area contributed by atoms with E-state index >= 15 is 0 Å². The molecule has 5 heteroatoms. The lowest BCUT2D eigenvalue weighted by atomic mass is 9.84. The van der Waals surface area contributed by atoms with Crippen LogP contribution in [-0.4, -0.2) is 17.3 Å². The number of allylic oxidation sites excluding steroid dienone is 3. The van der Waals surface area contributed by atoms with Gasteiger partial charge in [0.2, 0.25) is 0 Å². The van der Waals surface area contributed by atoms with Crippen LogP contribution in [0, 0.1) is 0 Å². The number of hydrogen-bond acceptors (Lipinski definition) is 4. The van der Waals surface area contributed by atoms with Crippen LogP contribution in [0.15, 0.2) is 77.4 Å². The van der Waals surface area contributed by atoms with Gasteiger partial charge >= 0.3 is 0 Å². The second-order valence-corrected chi connectivity index (χ2v) is 8.80. The summed E-state index contributed by atoms with van der Waals surface area (Å²) >= 11 is 6.80. The van der Waals surface area contributed by atoms with E-state index in [0.29, 0.717) is 9.23 Å². The molecular formula is C22H20N2OS2. The zero-order chi connectivity index (χ0) is 19.2. The minimum atomic E-state index is -0.117. The van der Waals surface area contributed by atoms with Gasteiger partial charge in [-0.05, 0) is 35.9 Å². The van der Waals surface area contributed by atoms with Crippen LogP contribution in [0.3, 0.4) is 0 Å². The molecule has 0 aromatic heterocycles. The maximum atomic E-state index is 12.9. The third-order valence-corrected chi connectivity index (χ3v) is 6.46. The maximum absolute atomic E-state index is 12.9. The zero-order valence-corrected chi connectivity index (χ0v) is 17.1. The van der Waals surface area contributed by atoms with Crippen LogP contribution in [0.5, 0.6) is 0 Å². The third-order valence-electron chi connectivity index (χ3n) is 5.14. The molecule has 0 N–H and O–H groups in total. The monoisotopic (exact) mass is 392 g/mol. The quantitative estimate of drug-likeness (QED) is 0.515. The van der Waals surface area contributed by atoms with Crippen molar-refractivity contribution >= 4 is 45.6 Å². The summed E-state index contributed by atoms with van der Waals surface area (Å²) in [5.74, 6) is -0.0657. The highest BCUT2D eigenvalue weighted by atomic mass is 32.2. The fourth-order valence-corrected chi connectivity index (χ4v) is 4.98. The highest BCUT2D eigenvalue weighted by Crippen LogP contribution is 2.47. The Labute approximate surface area is 169 Å². The first-order valence-corrected chi connectivity index (χ1v) is 10.0. The van der Waals surface area contributed by atoms with Crippen molar-refractivity contribution in [2.45, 2.75) is 19.3 Å². The molecule has 0 spiro atoms. The van der Waals surface area contributed by atoms with Crippen molar-refractivity contribution in [3.8, 4) is 0 Å². The summed E-state index contributed by atoms with van der Waals surface area (Å²) in [6, 6.07) is 18.0. The van der Waals surface area contributed by atoms with Crippen LogP contribution in [0.4, 0.5) is 11.4 Å². The highest BCUT2D eigenvalue weighted by molar-refractivity contribution is 8.27. The molecule has 2 aliphatic heterocycles. The van der Waals surface area contributed by atoms with Gasteiger partial charge in [0, 0.05) is 23.8 Å². The molecule has 0 saturated carbocycles. The second-order valence-electron chi connectivity index (χ2n) is 7.13. The van der Waals surface area contributed by atoms with Crippen molar-refractivity contribution in [3.63, 3.8) is 0 Å². The predicted molar refractivity (Wildman–Crippen MR) is 118 cm³/mol. The molecule has 1 fully saturated rings. The SMILES string of the molecule is CN1/C(=C\C=C2/SC(=S)N(c3ccccc3)C2=O)C(C)(C)c2ccccc21. The zero-order valence-electron chi connectivity index (χ0n) is 15.5. The topological polar surface area (TPSA) is 23.6 Å². The smallest absolute Gasteiger partial charge is 0.270 e. The molecule has 0 aliphatic carbocycles. The number of nitrogens with zero attached hydrogens (tertiary/aromatic N) is 2. The summed E-state index contributed by atoms with van der Waals surface area (Å²) in [4.78, 5) is 17.3. The molecule has 4 rings (SSSR count). The number of thiocarbonyl (C=S) groups is 1. The van der Waals surface area contributed by atoms with Gasteiger partial charge in [-0.1, -0.05) is 74.2 Å². The van der Waals surface area contributed by atoms with Gasteiger partial charge in [0.05, 0.1) is 10.6 Å². The van der Waals surface area contributed by atoms with Gasteiger partial charge in [0.1, 0.15) is 0 Å². The molecule has 2 aromatic rings. The molecule has 0 radical (unpaired) electrons. The second kappa shape index (κ2) is 6.66. The fraction of sp³-hybridized carbons (Fsp3) is 0.182. The summed E-state index contributed by atoms with van der Waals surface area (Å²) < 4.78 is 0.568. The Morgan fingerprint density at radius 3 is 2.37 bits per heavy atom. The van der Waals surface area contributed by atoms with Gasteiger partial charge in [-0.3, -0.25) is 9.69 Å². The molecule has 1 amide bonds. The summed E-state index contributed by atoms with van der Waals surface area (Å²) in [7, 11) is 2.07. The van der Waals surface area contributed by atoms with Gasteiger partial charge in [-0.25, -0.2) is 0 Å². The van der Waals surface area contributed by atoms with Gasteiger partial charge in [-0.15, -0.1) is 0 Å². The number of rotatable bonds is 2. The predicted octanol–water partition coefficient (Wildman–Crippen LogP) is 5.25. The lowest BCUT2D eigenvalue weighted by molar-refractivity contribution is -0.113. The van der Waals surface area contributed by atoms with E-state index in [1.807, 2.05) is 36.4 Å². The first kappa shape index (κ1) is 18.0. The summed E-state index contributed by atoms with van der Waals surface area (Å²) in [5.41, 5.74) is 4.35. The Hall–Kier alpha value is -2.37. The summed E-state index contributed by atoms with van der Waals surface area (Å²) in [6.07, 6.45) is 3.96. The first-order chi connectivity index (χ1) is 12.9. The number of para-hydroxylation sites is 2. The molecule has 2 heterocycles. The van der Waals surface area contributed by atoms with Gasteiger partial charge in [0.25, 0.3) is 5.91 Å². The summed E-state index contributed by atoms with van der Waals surface area (Å²) in [6.45, 7) is 4.42. The van der Waals surface area contributed by atoms with Gasteiger partial charge in [0.15, 0.2) is 4.32 Å². The summed E-state index contributed by atoms with van der Waals surface area (Å²) in [5, 5.41) is 0. The van der Waals surface area contributed by atoms with Crippen LogP contribution >= 0.6 is 24.0 Å². The number of likely N-dealkylation sites (N-methyl/N-ethyl adjacent to an activating group) is 1. The molecule has 2 aliphatic rings. The van der Waals surface area contributed by atoms with Gasteiger partial charge < -0.3 is 4.90 Å². The van der Waals surface area contributed by atoms with Crippen molar-refractivity contribution in [3.05, 3.63) is 82.9 Å². The van der Waals surface area contributed by atoms with Gasteiger partial charge in [-0.2, -0.15) is 0 Å². The standard InChI is InChI=1S/C22H20N2OS2/c1-22(2)16-11-7-8-12-17(16)23(3)19(22)14-13-18-20(25)24(21(26)27-18)15-9-5-4-6-10-15/h4-14H,1-3H3/b18-13-,19-14-. The molecule has 0 unspecified atom stereocenters. The van der Waals surface area contributed by atoms with Crippen LogP contribution in [0.2, 0.25) is 0 Å². The highest BCUT2D eigenvalue weighted by Gasteiger charge is 2.38. The van der Waals surface area contributed by atoms with E-state index in [0.717, 1.165) is 11.4 Å². The molecule has 3 nitrogen and oxygen atoms in total. The lowest BCUT2D eigenvalue weighted by Gasteiger charge is -2.23. The maximum Gasteiger partial charge on any atom is 0.270 e. The number of carbonyl (C=O) groups is 1. The molecule has 27 heavy (non-hydrogen) atoms. The molecule has 2 aromatic carbocycles. The van der Waals surface area contributed by atoms with Crippen molar-refractivity contribution < 1.29 is 4.79 Å². The van der Waals surface area contributed by atoms with E-state index in [1.54, 1.807) is 4.90 Å². The fourth-order valence-electron chi connectivity index (χ4n) is 3.74. The number of anilines is 2. The van der Waals surface area contributed by atoms with E-state index in [9.17, 15) is 4.79 Å². The van der Waals surface area contributed by atoms with E-state index in [1.165, 1.54) is 23.0 Å². The first-order valence-electron chi connectivity index (χ1n) is 8.78. The Morgan fingerprint density at radius 2 is 1.67 bits per heavy atom. The molecule has 0 atom stereocenters. The average Bonchev–Trinajstić information content (AvgIpc) is 3.05. The Balaban J connectivity index is 1.67. The molecule has 1 saturated heterocycles. The van der Waals surface area contributed by atoms with Crippen LogP contribution in [-0.2, 0) is 10.2 Å². The van der Waals surface area contributed by atoms with Crippen LogP contribution < -0.4 is 9.80 Å². The third kappa shape index (κ3) is 2.91. The molecular weight excluding hydrogens is 372 g/mol. The number of carbonyl (C=O) groups excluding carboxylic acids is 1. The average molecular weight is 393 g/mol. The van der Waals surface area contributed by atoms with Crippen molar-refractivity contribution in [2.24, 2.45) is 0 Å². The van der Waals surface area contributed by atoms with Crippen molar-refractivity contribution in [1.82, 2.24) is 0 Å². The van der Waals surface area contributed by atoms with Crippen LogP contribution in [0.1, 0.15) is 19.4 Å². The van der Waals surface area contributed by atoms with E-state index < -0.39 is 0 Å². The van der Waals surface area contributed by atoms with E-state index in [4.69, 9.17) is 12.2 Å². The van der Waals surface area contributed by atoms with Crippen molar-refractivity contribution in [2.75, 3.05) is 16.8 Å². The largest absolute Gasteiger partial charge is 0.347 e. The number of fused-ring (bicyclic) bond motifs is 1. The molecule has 0 bridgehead atoms. The Morgan fingerprint density at radius 1 is 1.00 bits per heavy atom. The van der Waals surface area contributed by atoms with Crippen molar-refractivity contribution in [1.29, 1.82) is 0 Å². The number of amides is 1. The minimum absolute atomic E-state index is 0.0657. The van der Waals surface area contributed by atoms with Crippen LogP contribution in [0.25, 0.3) is 0 Å². The normalized spacial score (nSPS) is 21.4. The van der Waals surface area contributed by atoms with E-state index in [-0.39, 0.29) is 11.3 Å². The van der Waals surface area contributed by atoms with E-state index in [2.05, 4.69) is 56.1 Å². The Kier molecular flexibility index (Phi) is 4.44. The Bertz CT molecular complexity index is 992. The molecule has 136 valence electrons. The number of thioether (sulfide) groups is 1. The number of benzene rings is 2. The minimum Gasteiger partial charge on any atom is -0.347 e.